The van der Waals surface area contributed by atoms with Crippen molar-refractivity contribution in [2.24, 2.45) is 5.11 Å². The largest absolute Gasteiger partial charge is 0.598 e. The molecule has 1 aromatic carbocycles. The van der Waals surface area contributed by atoms with Crippen molar-refractivity contribution < 1.29 is 13.7 Å². The molecule has 0 saturated carbocycles. The lowest BCUT2D eigenvalue weighted by molar-refractivity contribution is 0.0465. The molecule has 1 saturated heterocycles. The predicted molar refractivity (Wildman–Crippen MR) is 102 cm³/mol. The van der Waals surface area contributed by atoms with Crippen molar-refractivity contribution in [3.63, 3.8) is 0 Å². The van der Waals surface area contributed by atoms with Gasteiger partial charge in [-0.05, 0) is 57.0 Å². The highest BCUT2D eigenvalue weighted by Gasteiger charge is 2.30. The molecule has 0 bridgehead atoms. The molecule has 0 aromatic heterocycles. The highest BCUT2D eigenvalue weighted by Crippen LogP contribution is 2.30. The molecule has 1 aromatic rings. The van der Waals surface area contributed by atoms with Gasteiger partial charge in [0.05, 0.1) is 25.3 Å². The van der Waals surface area contributed by atoms with Crippen molar-refractivity contribution >= 4 is 17.0 Å². The predicted octanol–water partition coefficient (Wildman–Crippen LogP) is 3.45. The molecule has 26 heavy (non-hydrogen) atoms. The van der Waals surface area contributed by atoms with E-state index in [1.807, 2.05) is 27.7 Å². The molecule has 1 aliphatic rings. The highest BCUT2D eigenvalue weighted by atomic mass is 32.2. The monoisotopic (exact) mass is 383 g/mol. The Balaban J connectivity index is 2.22. The summed E-state index contributed by atoms with van der Waals surface area (Å²) in [6.07, 6.45) is -0.204. The summed E-state index contributed by atoms with van der Waals surface area (Å²) in [5.74, 6) is -0.335. The Bertz CT molecular complexity index is 663. The summed E-state index contributed by atoms with van der Waals surface area (Å²) >= 11 is -1.27. The van der Waals surface area contributed by atoms with Crippen LogP contribution in [0.1, 0.15) is 39.3 Å². The third-order valence-electron chi connectivity index (χ3n) is 4.12. The second-order valence-corrected chi connectivity index (χ2v) is 9.27. The number of hydrogen-bond acceptors (Lipinski definition) is 5. The Morgan fingerprint density at radius 2 is 2.27 bits per heavy atom. The summed E-state index contributed by atoms with van der Waals surface area (Å²) in [6, 6.07) is 4.34. The van der Waals surface area contributed by atoms with Crippen LogP contribution in [0.4, 0.5) is 10.1 Å². The van der Waals surface area contributed by atoms with Gasteiger partial charge < -0.3 is 14.2 Å². The molecule has 9 heteroatoms. The molecule has 1 fully saturated rings. The van der Waals surface area contributed by atoms with Crippen LogP contribution in [0, 0.1) is 5.82 Å². The summed E-state index contributed by atoms with van der Waals surface area (Å²) in [5, 5.41) is 3.58. The minimum atomic E-state index is -1.27. The number of halogens is 1. The fourth-order valence-electron chi connectivity index (χ4n) is 2.74. The van der Waals surface area contributed by atoms with E-state index in [9.17, 15) is 8.94 Å². The molecule has 1 N–H and O–H groups in total. The highest BCUT2D eigenvalue weighted by molar-refractivity contribution is 7.90. The standard InChI is InChI=1S/C17H26FN5O2S/c1-12(21-26(24)17(2,3)4)15-9-13(18)5-6-16(15)23-7-8-25-14(11-23)10-20-22-19/h5-6,9,12,14,21H,7-8,10-11H2,1-4H3/t12-,14?,26-/m1/s1. The van der Waals surface area contributed by atoms with Gasteiger partial charge in [-0.25, -0.2) is 4.39 Å². The van der Waals surface area contributed by atoms with Gasteiger partial charge in [0.15, 0.2) is 0 Å². The topological polar surface area (TPSA) is 96.3 Å². The second kappa shape index (κ2) is 8.92. The van der Waals surface area contributed by atoms with E-state index in [2.05, 4.69) is 19.6 Å². The third-order valence-corrected chi connectivity index (χ3v) is 5.80. The summed E-state index contributed by atoms with van der Waals surface area (Å²) in [7, 11) is 0. The summed E-state index contributed by atoms with van der Waals surface area (Å²) < 4.78 is 34.6. The number of hydrogen-bond donors (Lipinski definition) is 1. The van der Waals surface area contributed by atoms with Crippen molar-refractivity contribution in [1.29, 1.82) is 0 Å². The van der Waals surface area contributed by atoms with E-state index >= 15 is 0 Å². The summed E-state index contributed by atoms with van der Waals surface area (Å²) in [6.45, 7) is 9.49. The lowest BCUT2D eigenvalue weighted by Gasteiger charge is -2.36. The zero-order valence-electron chi connectivity index (χ0n) is 15.6. The molecule has 1 heterocycles. The van der Waals surface area contributed by atoms with Crippen LogP contribution in [0.3, 0.4) is 0 Å². The number of morpholine rings is 1. The maximum absolute atomic E-state index is 13.9. The Labute approximate surface area is 156 Å². The van der Waals surface area contributed by atoms with E-state index in [4.69, 9.17) is 10.3 Å². The van der Waals surface area contributed by atoms with Gasteiger partial charge in [-0.1, -0.05) is 5.11 Å². The van der Waals surface area contributed by atoms with Crippen molar-refractivity contribution in [1.82, 2.24) is 4.72 Å². The van der Waals surface area contributed by atoms with Crippen molar-refractivity contribution in [3.05, 3.63) is 40.0 Å². The van der Waals surface area contributed by atoms with Gasteiger partial charge in [0.25, 0.3) is 0 Å². The Morgan fingerprint density at radius 3 is 2.92 bits per heavy atom. The minimum absolute atomic E-state index is 0.204. The van der Waals surface area contributed by atoms with Crippen LogP contribution in [0.2, 0.25) is 0 Å². The number of benzene rings is 1. The summed E-state index contributed by atoms with van der Waals surface area (Å²) in [5.41, 5.74) is 10.1. The van der Waals surface area contributed by atoms with Crippen molar-refractivity contribution in [2.45, 2.75) is 44.6 Å². The first kappa shape index (κ1) is 20.8. The van der Waals surface area contributed by atoms with E-state index in [0.717, 1.165) is 11.3 Å². The van der Waals surface area contributed by atoms with Crippen LogP contribution in [0.15, 0.2) is 23.3 Å². The number of ether oxygens (including phenoxy) is 1. The quantitative estimate of drug-likeness (QED) is 0.352. The van der Waals surface area contributed by atoms with E-state index in [-0.39, 0.29) is 24.5 Å². The molecule has 1 aliphatic heterocycles. The fourth-order valence-corrected chi connectivity index (χ4v) is 3.54. The molecule has 3 atom stereocenters. The molecular weight excluding hydrogens is 357 g/mol. The molecule has 144 valence electrons. The van der Waals surface area contributed by atoms with E-state index in [1.165, 1.54) is 12.1 Å². The molecule has 0 amide bonds. The van der Waals surface area contributed by atoms with Gasteiger partial charge in [-0.3, -0.25) is 0 Å². The van der Waals surface area contributed by atoms with Gasteiger partial charge in [0.1, 0.15) is 10.6 Å². The van der Waals surface area contributed by atoms with E-state index in [1.54, 1.807) is 6.07 Å². The summed E-state index contributed by atoms with van der Waals surface area (Å²) in [4.78, 5) is 4.86. The van der Waals surface area contributed by atoms with Gasteiger partial charge >= 0.3 is 0 Å². The molecule has 0 spiro atoms. The lowest BCUT2D eigenvalue weighted by atomic mass is 10.0. The van der Waals surface area contributed by atoms with Gasteiger partial charge in [-0.2, -0.15) is 0 Å². The maximum atomic E-state index is 13.9. The average Bonchev–Trinajstić information content (AvgIpc) is 2.59. The van der Waals surface area contributed by atoms with E-state index in [0.29, 0.717) is 19.7 Å². The van der Waals surface area contributed by atoms with Crippen LogP contribution in [-0.2, 0) is 16.1 Å². The molecule has 1 unspecified atom stereocenters. The lowest BCUT2D eigenvalue weighted by Crippen LogP contribution is -2.45. The van der Waals surface area contributed by atoms with Crippen LogP contribution in [-0.4, -0.2) is 41.6 Å². The smallest absolute Gasteiger partial charge is 0.136 e. The normalized spacial score (nSPS) is 20.4. The number of nitrogens with zero attached hydrogens (tertiary/aromatic N) is 4. The molecule has 7 nitrogen and oxygen atoms in total. The van der Waals surface area contributed by atoms with Gasteiger partial charge in [-0.15, -0.1) is 4.72 Å². The first-order chi connectivity index (χ1) is 12.2. The van der Waals surface area contributed by atoms with Crippen LogP contribution < -0.4 is 9.62 Å². The zero-order chi connectivity index (χ0) is 19.3. The number of rotatable bonds is 6. The Morgan fingerprint density at radius 1 is 1.54 bits per heavy atom. The van der Waals surface area contributed by atoms with Gasteiger partial charge in [0.2, 0.25) is 0 Å². The number of anilines is 1. The molecule has 0 aliphatic carbocycles. The first-order valence-corrected chi connectivity index (χ1v) is 9.72. The van der Waals surface area contributed by atoms with Crippen LogP contribution in [0.25, 0.3) is 10.4 Å². The molecule has 0 radical (unpaired) electrons. The van der Waals surface area contributed by atoms with Gasteiger partial charge in [0, 0.05) is 35.1 Å². The maximum Gasteiger partial charge on any atom is 0.136 e. The van der Waals surface area contributed by atoms with Crippen LogP contribution in [0.5, 0.6) is 0 Å². The molecule has 2 rings (SSSR count). The Hall–Kier alpha value is -1.51. The van der Waals surface area contributed by atoms with Crippen molar-refractivity contribution in [3.8, 4) is 0 Å². The average molecular weight is 383 g/mol. The number of azide groups is 1. The third kappa shape index (κ3) is 5.49. The first-order valence-electron chi connectivity index (χ1n) is 8.57. The van der Waals surface area contributed by atoms with Crippen molar-refractivity contribution in [2.75, 3.05) is 31.1 Å². The molecular formula is C17H26FN5O2S. The zero-order valence-corrected chi connectivity index (χ0v) is 16.4. The number of nitrogens with one attached hydrogen (secondary N) is 1. The second-order valence-electron chi connectivity index (χ2n) is 7.28. The SMILES string of the molecule is C[C@@H](N[S@+]([O-])C(C)(C)C)c1cc(F)ccc1N1CCOC(CN=[N+]=[N-])C1. The fraction of sp³-hybridized carbons (Fsp3) is 0.647. The minimum Gasteiger partial charge on any atom is -0.598 e. The Kier molecular flexibility index (Phi) is 7.14. The van der Waals surface area contributed by atoms with E-state index < -0.39 is 16.1 Å². The van der Waals surface area contributed by atoms with Crippen LogP contribution >= 0.6 is 0 Å².